The van der Waals surface area contributed by atoms with Gasteiger partial charge < -0.3 is 9.94 Å². The van der Waals surface area contributed by atoms with Crippen LogP contribution in [0.1, 0.15) is 5.56 Å². The first-order valence-corrected chi connectivity index (χ1v) is 4.14. The Morgan fingerprint density at radius 3 is 3.08 bits per heavy atom. The van der Waals surface area contributed by atoms with E-state index in [1.807, 2.05) is 24.3 Å². The smallest absolute Gasteiger partial charge is 0.212 e. The predicted octanol–water partition coefficient (Wildman–Crippen LogP) is 2.38. The minimum atomic E-state index is 0.406. The van der Waals surface area contributed by atoms with Crippen molar-refractivity contribution in [3.63, 3.8) is 0 Å². The molecule has 0 saturated heterocycles. The zero-order chi connectivity index (χ0) is 8.81. The highest BCUT2D eigenvalue weighted by Crippen LogP contribution is 2.11. The number of nitrogens with zero attached hydrogens (tertiary/aromatic N) is 1. The highest BCUT2D eigenvalue weighted by atomic mass is 79.9. The maximum atomic E-state index is 8.03. The summed E-state index contributed by atoms with van der Waals surface area (Å²) < 4.78 is 5.87. The minimum Gasteiger partial charge on any atom is -0.476 e. The first-order chi connectivity index (χ1) is 5.83. The normalized spacial score (nSPS) is 10.4. The number of halogens is 1. The van der Waals surface area contributed by atoms with Crippen LogP contribution in [0.4, 0.5) is 0 Å². The molecule has 0 bridgehead atoms. The maximum Gasteiger partial charge on any atom is 0.212 e. The molecule has 0 aliphatic carbocycles. The first kappa shape index (κ1) is 9.06. The molecule has 0 amide bonds. The van der Waals surface area contributed by atoms with Crippen molar-refractivity contribution in [1.29, 1.82) is 0 Å². The second-order valence-electron chi connectivity index (χ2n) is 2.16. The molecule has 0 unspecified atom stereocenters. The van der Waals surface area contributed by atoms with E-state index < -0.39 is 0 Å². The van der Waals surface area contributed by atoms with Gasteiger partial charge in [-0.15, -0.1) is 0 Å². The third kappa shape index (κ3) is 2.92. The van der Waals surface area contributed by atoms with Crippen molar-refractivity contribution in [1.82, 2.24) is 0 Å². The highest BCUT2D eigenvalue weighted by molar-refractivity contribution is 9.10. The van der Waals surface area contributed by atoms with E-state index in [9.17, 15) is 0 Å². The average molecular weight is 230 g/mol. The van der Waals surface area contributed by atoms with E-state index >= 15 is 0 Å². The number of rotatable bonds is 3. The standard InChI is InChI=1S/C8H8BrNO2/c9-8-3-1-2-7(4-8)5-12-6-10-11/h1-4,6,11H,5H2. The van der Waals surface area contributed by atoms with Crippen LogP contribution in [0.15, 0.2) is 33.9 Å². The zero-order valence-corrected chi connectivity index (χ0v) is 7.86. The van der Waals surface area contributed by atoms with Gasteiger partial charge in [-0.2, -0.15) is 0 Å². The second-order valence-corrected chi connectivity index (χ2v) is 3.08. The van der Waals surface area contributed by atoms with Crippen LogP contribution in [0.25, 0.3) is 0 Å². The van der Waals surface area contributed by atoms with E-state index in [-0.39, 0.29) is 0 Å². The molecule has 0 atom stereocenters. The fourth-order valence-electron chi connectivity index (χ4n) is 0.794. The second kappa shape index (κ2) is 4.77. The van der Waals surface area contributed by atoms with Gasteiger partial charge >= 0.3 is 0 Å². The lowest BCUT2D eigenvalue weighted by Gasteiger charge is -1.99. The lowest BCUT2D eigenvalue weighted by Crippen LogP contribution is -1.89. The molecule has 1 aromatic carbocycles. The lowest BCUT2D eigenvalue weighted by molar-refractivity contribution is 0.261. The van der Waals surface area contributed by atoms with Gasteiger partial charge in [0, 0.05) is 4.47 Å². The van der Waals surface area contributed by atoms with Gasteiger partial charge in [-0.3, -0.25) is 0 Å². The van der Waals surface area contributed by atoms with Crippen LogP contribution < -0.4 is 0 Å². The van der Waals surface area contributed by atoms with Crippen molar-refractivity contribution in [2.24, 2.45) is 5.16 Å². The fraction of sp³-hybridized carbons (Fsp3) is 0.125. The number of hydrogen-bond donors (Lipinski definition) is 1. The van der Waals surface area contributed by atoms with E-state index in [0.717, 1.165) is 16.4 Å². The van der Waals surface area contributed by atoms with E-state index in [1.165, 1.54) is 0 Å². The molecule has 3 nitrogen and oxygen atoms in total. The molecule has 0 heterocycles. The number of hydrogen-bond acceptors (Lipinski definition) is 3. The molecule has 0 saturated carbocycles. The molecule has 0 spiro atoms. The van der Waals surface area contributed by atoms with E-state index in [0.29, 0.717) is 6.61 Å². The van der Waals surface area contributed by atoms with Gasteiger partial charge in [-0.05, 0) is 17.7 Å². The van der Waals surface area contributed by atoms with Crippen LogP contribution in [-0.4, -0.2) is 11.6 Å². The molecule has 0 radical (unpaired) electrons. The summed E-state index contributed by atoms with van der Waals surface area (Å²) in [7, 11) is 0. The van der Waals surface area contributed by atoms with Gasteiger partial charge in [0.15, 0.2) is 0 Å². The molecule has 0 aliphatic heterocycles. The largest absolute Gasteiger partial charge is 0.476 e. The summed E-state index contributed by atoms with van der Waals surface area (Å²) in [4.78, 5) is 0. The first-order valence-electron chi connectivity index (χ1n) is 3.35. The third-order valence-corrected chi connectivity index (χ3v) is 1.75. The number of benzene rings is 1. The Labute approximate surface area is 78.8 Å². The molecule has 12 heavy (non-hydrogen) atoms. The maximum absolute atomic E-state index is 8.03. The van der Waals surface area contributed by atoms with Gasteiger partial charge in [0.05, 0.1) is 0 Å². The Morgan fingerprint density at radius 1 is 1.58 bits per heavy atom. The Bertz CT molecular complexity index is 276. The fourth-order valence-corrected chi connectivity index (χ4v) is 1.24. The molecule has 0 fully saturated rings. The van der Waals surface area contributed by atoms with Crippen molar-refractivity contribution in [3.8, 4) is 0 Å². The molecule has 64 valence electrons. The highest BCUT2D eigenvalue weighted by Gasteiger charge is 1.91. The average Bonchev–Trinajstić information content (AvgIpc) is 2.05. The van der Waals surface area contributed by atoms with Crippen LogP contribution >= 0.6 is 15.9 Å². The summed E-state index contributed by atoms with van der Waals surface area (Å²) in [6.45, 7) is 0.406. The Balaban J connectivity index is 2.52. The van der Waals surface area contributed by atoms with Crippen molar-refractivity contribution in [2.45, 2.75) is 6.61 Å². The van der Waals surface area contributed by atoms with Crippen molar-refractivity contribution >= 4 is 22.3 Å². The van der Waals surface area contributed by atoms with Gasteiger partial charge in [0.1, 0.15) is 6.61 Å². The third-order valence-electron chi connectivity index (χ3n) is 1.26. The molecule has 0 aliphatic rings. The van der Waals surface area contributed by atoms with Crippen molar-refractivity contribution in [3.05, 3.63) is 34.3 Å². The van der Waals surface area contributed by atoms with Crippen LogP contribution in [0.5, 0.6) is 0 Å². The molecular weight excluding hydrogens is 222 g/mol. The van der Waals surface area contributed by atoms with Crippen LogP contribution in [0.2, 0.25) is 0 Å². The molecule has 1 rings (SSSR count). The summed E-state index contributed by atoms with van der Waals surface area (Å²) >= 11 is 3.33. The molecule has 4 heteroatoms. The SMILES string of the molecule is ON=COCc1cccc(Br)c1. The zero-order valence-electron chi connectivity index (χ0n) is 6.27. The van der Waals surface area contributed by atoms with E-state index in [1.54, 1.807) is 0 Å². The number of oxime groups is 1. The summed E-state index contributed by atoms with van der Waals surface area (Å²) in [5.74, 6) is 0. The Kier molecular flexibility index (Phi) is 3.60. The van der Waals surface area contributed by atoms with Gasteiger partial charge in [0.2, 0.25) is 6.40 Å². The van der Waals surface area contributed by atoms with Gasteiger partial charge in [0.25, 0.3) is 0 Å². The minimum absolute atomic E-state index is 0.406. The quantitative estimate of drug-likeness (QED) is 0.375. The summed E-state index contributed by atoms with van der Waals surface area (Å²) in [5, 5.41) is 10.7. The molecule has 0 aromatic heterocycles. The number of ether oxygens (including phenoxy) is 1. The Hall–Kier alpha value is -1.03. The summed E-state index contributed by atoms with van der Waals surface area (Å²) in [6.07, 6.45) is 1.00. The van der Waals surface area contributed by atoms with Crippen LogP contribution in [-0.2, 0) is 11.3 Å². The predicted molar refractivity (Wildman–Crippen MR) is 49.2 cm³/mol. The molecule has 1 aromatic rings. The van der Waals surface area contributed by atoms with Gasteiger partial charge in [-0.1, -0.05) is 33.2 Å². The van der Waals surface area contributed by atoms with E-state index in [2.05, 4.69) is 21.1 Å². The van der Waals surface area contributed by atoms with Gasteiger partial charge in [-0.25, -0.2) is 0 Å². The van der Waals surface area contributed by atoms with Crippen LogP contribution in [0, 0.1) is 0 Å². The molecular formula is C8H8BrNO2. The van der Waals surface area contributed by atoms with Crippen molar-refractivity contribution < 1.29 is 9.94 Å². The summed E-state index contributed by atoms with van der Waals surface area (Å²) in [6, 6.07) is 7.71. The Morgan fingerprint density at radius 2 is 2.42 bits per heavy atom. The van der Waals surface area contributed by atoms with Crippen molar-refractivity contribution in [2.75, 3.05) is 0 Å². The van der Waals surface area contributed by atoms with E-state index in [4.69, 9.17) is 9.94 Å². The summed E-state index contributed by atoms with van der Waals surface area (Å²) in [5.41, 5.74) is 1.02. The topological polar surface area (TPSA) is 41.8 Å². The lowest BCUT2D eigenvalue weighted by atomic mass is 10.2. The molecule has 1 N–H and O–H groups in total. The van der Waals surface area contributed by atoms with Crippen LogP contribution in [0.3, 0.4) is 0 Å². The monoisotopic (exact) mass is 229 g/mol.